The van der Waals surface area contributed by atoms with Gasteiger partial charge in [-0.1, -0.05) is 45.9 Å². The molecule has 21 heavy (non-hydrogen) atoms. The molecule has 1 saturated heterocycles. The minimum Gasteiger partial charge on any atom is -0.658 e. The van der Waals surface area contributed by atoms with Gasteiger partial charge in [0.25, 0.3) is 0 Å². The Morgan fingerprint density at radius 3 is 2.00 bits per heavy atom. The number of anilines is 1. The number of hydrogen-bond donors (Lipinski definition) is 0. The summed E-state index contributed by atoms with van der Waals surface area (Å²) in [5, 5.41) is 4.28. The van der Waals surface area contributed by atoms with Crippen LogP contribution in [0.5, 0.6) is 0 Å². The number of benzene rings is 1. The van der Waals surface area contributed by atoms with E-state index in [0.717, 1.165) is 25.1 Å². The van der Waals surface area contributed by atoms with Gasteiger partial charge in [0.05, 0.1) is 0 Å². The van der Waals surface area contributed by atoms with Crippen molar-refractivity contribution >= 4 is 11.6 Å². The van der Waals surface area contributed by atoms with Crippen LogP contribution in [0.4, 0.5) is 5.69 Å². The van der Waals surface area contributed by atoms with Gasteiger partial charge in [0, 0.05) is 18.7 Å². The minimum atomic E-state index is 0. The average molecular weight is 282 g/mol. The van der Waals surface area contributed by atoms with E-state index in [-0.39, 0.29) is 24.8 Å². The molecule has 3 nitrogen and oxygen atoms in total. The molecule has 2 rings (SSSR count). The molecule has 1 aromatic carbocycles. The van der Waals surface area contributed by atoms with Crippen LogP contribution in [0.15, 0.2) is 30.3 Å². The van der Waals surface area contributed by atoms with E-state index in [4.69, 9.17) is 0 Å². The Hall–Kier alpha value is -0.753. The smallest absolute Gasteiger partial charge is 0.658 e. The second-order valence-corrected chi connectivity index (χ2v) is 5.67. The van der Waals surface area contributed by atoms with E-state index in [9.17, 15) is 4.79 Å². The first-order valence-corrected chi connectivity index (χ1v) is 7.56. The standard InChI is InChI=1S/C11H13NO.C6H14N.Li/c13-11-8-4-5-9-12(11)10-6-2-1-3-7-10;1-5(2)7-6(3)4;/h1-3,6-7H,4-5,8-9H2;5-6H,1-4H3;/q;-1;+1. The van der Waals surface area contributed by atoms with Crippen molar-refractivity contribution in [3.63, 3.8) is 0 Å². The molecule has 1 aliphatic heterocycles. The molecule has 1 fully saturated rings. The van der Waals surface area contributed by atoms with Crippen LogP contribution < -0.4 is 23.8 Å². The fraction of sp³-hybridized carbons (Fsp3) is 0.588. The average Bonchev–Trinajstić information content (AvgIpc) is 2.39. The number of nitrogens with zero attached hydrogens (tertiary/aromatic N) is 2. The van der Waals surface area contributed by atoms with Crippen LogP contribution in [-0.2, 0) is 4.79 Å². The summed E-state index contributed by atoms with van der Waals surface area (Å²) < 4.78 is 0. The number of amides is 1. The van der Waals surface area contributed by atoms with Crippen molar-refractivity contribution in [3.8, 4) is 0 Å². The molecule has 1 aliphatic rings. The van der Waals surface area contributed by atoms with Crippen molar-refractivity contribution in [2.24, 2.45) is 0 Å². The van der Waals surface area contributed by atoms with Crippen LogP contribution in [-0.4, -0.2) is 24.5 Å². The third kappa shape index (κ3) is 8.31. The van der Waals surface area contributed by atoms with Crippen molar-refractivity contribution in [1.29, 1.82) is 0 Å². The van der Waals surface area contributed by atoms with Crippen molar-refractivity contribution < 1.29 is 23.7 Å². The second-order valence-electron chi connectivity index (χ2n) is 5.67. The van der Waals surface area contributed by atoms with Gasteiger partial charge in [-0.05, 0) is 25.0 Å². The maximum absolute atomic E-state index is 11.5. The molecule has 4 heteroatoms. The first-order chi connectivity index (χ1) is 9.50. The third-order valence-electron chi connectivity index (χ3n) is 2.99. The first-order valence-electron chi connectivity index (χ1n) is 7.56. The SMILES string of the molecule is CC(C)[N-]C(C)C.O=C1CCCCN1c1ccccc1.[Li+]. The number of hydrogen-bond acceptors (Lipinski definition) is 1. The number of piperidine rings is 1. The van der Waals surface area contributed by atoms with Gasteiger partial charge >= 0.3 is 18.9 Å². The van der Waals surface area contributed by atoms with E-state index >= 15 is 0 Å². The summed E-state index contributed by atoms with van der Waals surface area (Å²) in [4.78, 5) is 13.4. The zero-order valence-electron chi connectivity index (χ0n) is 14.2. The van der Waals surface area contributed by atoms with Crippen molar-refractivity contribution in [1.82, 2.24) is 0 Å². The maximum Gasteiger partial charge on any atom is 1.00 e. The monoisotopic (exact) mass is 282 g/mol. The summed E-state index contributed by atoms with van der Waals surface area (Å²) >= 11 is 0. The number of carbonyl (C=O) groups is 1. The Morgan fingerprint density at radius 1 is 1.00 bits per heavy atom. The predicted octanol–water partition coefficient (Wildman–Crippen LogP) is 1.38. The Balaban J connectivity index is 0.000000436. The maximum atomic E-state index is 11.5. The molecule has 0 aromatic heterocycles. The minimum absolute atomic E-state index is 0. The summed E-state index contributed by atoms with van der Waals surface area (Å²) in [6, 6.07) is 10.9. The van der Waals surface area contributed by atoms with Crippen LogP contribution in [0.25, 0.3) is 5.32 Å². The molecule has 0 radical (unpaired) electrons. The topological polar surface area (TPSA) is 34.4 Å². The Labute approximate surface area is 141 Å². The van der Waals surface area contributed by atoms with Gasteiger partial charge in [0.15, 0.2) is 0 Å². The third-order valence-corrected chi connectivity index (χ3v) is 2.99. The Bertz CT molecular complexity index is 387. The first kappa shape index (κ1) is 20.2. The van der Waals surface area contributed by atoms with E-state index in [0.29, 0.717) is 18.5 Å². The molecule has 112 valence electrons. The van der Waals surface area contributed by atoms with Crippen LogP contribution in [0, 0.1) is 0 Å². The molecule has 0 unspecified atom stereocenters. The van der Waals surface area contributed by atoms with E-state index in [1.165, 1.54) is 0 Å². The van der Waals surface area contributed by atoms with Crippen LogP contribution in [0.3, 0.4) is 0 Å². The Morgan fingerprint density at radius 2 is 1.57 bits per heavy atom. The molecular formula is C17H27LiN2O. The van der Waals surface area contributed by atoms with Crippen LogP contribution in [0.1, 0.15) is 47.0 Å². The molecule has 0 saturated carbocycles. The summed E-state index contributed by atoms with van der Waals surface area (Å²) in [5.41, 5.74) is 1.03. The molecule has 0 N–H and O–H groups in total. The van der Waals surface area contributed by atoms with E-state index in [1.807, 2.05) is 35.2 Å². The van der Waals surface area contributed by atoms with Gasteiger partial charge in [-0.3, -0.25) is 4.79 Å². The largest absolute Gasteiger partial charge is 1.00 e. The van der Waals surface area contributed by atoms with Crippen LogP contribution >= 0.6 is 0 Å². The molecule has 1 amide bonds. The van der Waals surface area contributed by atoms with Crippen molar-refractivity contribution in [3.05, 3.63) is 35.6 Å². The van der Waals surface area contributed by atoms with E-state index < -0.39 is 0 Å². The van der Waals surface area contributed by atoms with Crippen molar-refractivity contribution in [2.75, 3.05) is 11.4 Å². The predicted molar refractivity (Wildman–Crippen MR) is 86.3 cm³/mol. The molecular weight excluding hydrogens is 255 g/mol. The molecule has 1 heterocycles. The molecule has 0 spiro atoms. The normalized spacial score (nSPS) is 14.6. The van der Waals surface area contributed by atoms with Gasteiger partial charge in [0.1, 0.15) is 0 Å². The summed E-state index contributed by atoms with van der Waals surface area (Å²) in [7, 11) is 0. The zero-order valence-corrected chi connectivity index (χ0v) is 14.2. The van der Waals surface area contributed by atoms with Gasteiger partial charge in [-0.25, -0.2) is 0 Å². The van der Waals surface area contributed by atoms with E-state index in [2.05, 4.69) is 33.0 Å². The van der Waals surface area contributed by atoms with Gasteiger partial charge in [-0.15, -0.1) is 12.1 Å². The van der Waals surface area contributed by atoms with E-state index in [1.54, 1.807) is 0 Å². The van der Waals surface area contributed by atoms with Gasteiger partial charge in [0.2, 0.25) is 5.91 Å². The van der Waals surface area contributed by atoms with Crippen LogP contribution in [0.2, 0.25) is 0 Å². The zero-order chi connectivity index (χ0) is 15.0. The number of para-hydroxylation sites is 1. The van der Waals surface area contributed by atoms with Crippen molar-refractivity contribution in [2.45, 2.75) is 59.0 Å². The fourth-order valence-electron chi connectivity index (χ4n) is 2.28. The summed E-state index contributed by atoms with van der Waals surface area (Å²) in [5.74, 6) is 0.262. The molecule has 1 aromatic rings. The molecule has 0 atom stereocenters. The fourth-order valence-corrected chi connectivity index (χ4v) is 2.28. The number of rotatable bonds is 3. The Kier molecular flexibility index (Phi) is 10.5. The quantitative estimate of drug-likeness (QED) is 0.771. The second kappa shape index (κ2) is 10.9. The summed E-state index contributed by atoms with van der Waals surface area (Å²) in [6.07, 6.45) is 2.87. The summed E-state index contributed by atoms with van der Waals surface area (Å²) in [6.45, 7) is 9.27. The molecule has 0 bridgehead atoms. The number of carbonyl (C=O) groups excluding carboxylic acids is 1. The molecule has 0 aliphatic carbocycles. The van der Waals surface area contributed by atoms with Gasteiger partial charge < -0.3 is 10.2 Å². The van der Waals surface area contributed by atoms with Gasteiger partial charge in [-0.2, -0.15) is 0 Å².